The molecule has 0 saturated heterocycles. The molecule has 0 amide bonds. The van der Waals surface area contributed by atoms with Crippen LogP contribution in [0, 0.1) is 6.92 Å². The van der Waals surface area contributed by atoms with Crippen LogP contribution in [-0.4, -0.2) is 39.3 Å². The summed E-state index contributed by atoms with van der Waals surface area (Å²) in [6.45, 7) is -0.198. The second-order valence-corrected chi connectivity index (χ2v) is 4.13. The Hall–Kier alpha value is -2.10. The molecule has 0 aliphatic heterocycles. The molecule has 0 aromatic carbocycles. The molecule has 0 unspecified atom stereocenters. The van der Waals surface area contributed by atoms with E-state index < -0.39 is 25.6 Å². The third-order valence-electron chi connectivity index (χ3n) is 2.33. The van der Waals surface area contributed by atoms with E-state index in [9.17, 15) is 17.6 Å². The van der Waals surface area contributed by atoms with Crippen LogP contribution in [-0.2, 0) is 11.3 Å². The van der Waals surface area contributed by atoms with E-state index in [-0.39, 0.29) is 11.7 Å². The normalized spacial score (nSPS) is 12.1. The summed E-state index contributed by atoms with van der Waals surface area (Å²) in [5.74, 6) is -4.25. The fourth-order valence-corrected chi connectivity index (χ4v) is 1.27. The van der Waals surface area contributed by atoms with Gasteiger partial charge in [0.15, 0.2) is 0 Å². The van der Waals surface area contributed by atoms with Crippen LogP contribution in [0.2, 0.25) is 0 Å². The predicted octanol–water partition coefficient (Wildman–Crippen LogP) is 2.25. The Kier molecular flexibility index (Phi) is 4.46. The molecule has 2 heterocycles. The maximum Gasteiger partial charge on any atom is 0.330 e. The molecule has 0 spiro atoms. The molecule has 0 bridgehead atoms. The number of halogens is 4. The van der Waals surface area contributed by atoms with E-state index in [0.717, 1.165) is 0 Å². The van der Waals surface area contributed by atoms with Crippen LogP contribution in [0.15, 0.2) is 16.7 Å². The van der Waals surface area contributed by atoms with Crippen molar-refractivity contribution in [2.24, 2.45) is 0 Å². The first-order valence-electron chi connectivity index (χ1n) is 5.75. The van der Waals surface area contributed by atoms with Crippen LogP contribution < -0.4 is 0 Å². The molecule has 2 aromatic heterocycles. The van der Waals surface area contributed by atoms with Gasteiger partial charge in [0, 0.05) is 0 Å². The van der Waals surface area contributed by atoms with Gasteiger partial charge in [0.2, 0.25) is 5.82 Å². The lowest BCUT2D eigenvalue weighted by Gasteiger charge is -2.13. The highest BCUT2D eigenvalue weighted by Crippen LogP contribution is 2.23. The molecule has 21 heavy (non-hydrogen) atoms. The van der Waals surface area contributed by atoms with E-state index in [1.54, 1.807) is 19.1 Å². The summed E-state index contributed by atoms with van der Waals surface area (Å²) in [6.07, 6.45) is -3.79. The van der Waals surface area contributed by atoms with Gasteiger partial charge in [0.05, 0.1) is 5.69 Å². The molecule has 0 atom stereocenters. The Morgan fingerprint density at radius 3 is 2.67 bits per heavy atom. The van der Waals surface area contributed by atoms with Gasteiger partial charge in [-0.25, -0.2) is 8.78 Å². The average Bonchev–Trinajstić information content (AvgIpc) is 2.88. The molecule has 0 saturated carbocycles. The number of hydrogen-bond donors (Lipinski definition) is 0. The third-order valence-corrected chi connectivity index (χ3v) is 2.33. The van der Waals surface area contributed by atoms with Crippen molar-refractivity contribution in [3.05, 3.63) is 23.7 Å². The van der Waals surface area contributed by atoms with E-state index in [4.69, 9.17) is 4.52 Å². The minimum Gasteiger partial charge on any atom is -0.365 e. The zero-order valence-corrected chi connectivity index (χ0v) is 10.8. The van der Waals surface area contributed by atoms with Gasteiger partial charge in [-0.2, -0.15) is 18.9 Å². The Morgan fingerprint density at radius 1 is 1.29 bits per heavy atom. The van der Waals surface area contributed by atoms with Crippen molar-refractivity contribution in [3.8, 4) is 11.5 Å². The second-order valence-electron chi connectivity index (χ2n) is 4.13. The molecular formula is C11H10F4N4O2. The minimum absolute atomic E-state index is 0.0988. The molecule has 6 nitrogen and oxygen atoms in total. The van der Waals surface area contributed by atoms with Gasteiger partial charge in [0.1, 0.15) is 18.9 Å². The average molecular weight is 306 g/mol. The van der Waals surface area contributed by atoms with E-state index in [1.165, 1.54) is 0 Å². The quantitative estimate of drug-likeness (QED) is 0.762. The number of rotatable bonds is 6. The van der Waals surface area contributed by atoms with Crippen molar-refractivity contribution in [3.63, 3.8) is 0 Å². The number of nitrogens with zero attached hydrogens (tertiary/aromatic N) is 4. The number of hydrogen-bond acceptors (Lipinski definition) is 6. The van der Waals surface area contributed by atoms with Crippen LogP contribution in [0.3, 0.4) is 0 Å². The molecule has 0 radical (unpaired) electrons. The van der Waals surface area contributed by atoms with Gasteiger partial charge in [-0.05, 0) is 19.1 Å². The summed E-state index contributed by atoms with van der Waals surface area (Å²) in [5.41, 5.74) is 1.02. The van der Waals surface area contributed by atoms with E-state index in [1.807, 2.05) is 0 Å². The second kappa shape index (κ2) is 6.12. The first kappa shape index (κ1) is 15.3. The molecule has 114 valence electrons. The smallest absolute Gasteiger partial charge is 0.330 e. The fourth-order valence-electron chi connectivity index (χ4n) is 1.27. The van der Waals surface area contributed by atoms with Crippen molar-refractivity contribution in [1.29, 1.82) is 0 Å². The van der Waals surface area contributed by atoms with Crippen LogP contribution in [0.25, 0.3) is 11.5 Å². The van der Waals surface area contributed by atoms with Crippen LogP contribution >= 0.6 is 0 Å². The largest absolute Gasteiger partial charge is 0.365 e. The van der Waals surface area contributed by atoms with Crippen molar-refractivity contribution < 1.29 is 26.8 Å². The summed E-state index contributed by atoms with van der Waals surface area (Å²) in [6, 6.07) is 3.28. The highest BCUT2D eigenvalue weighted by atomic mass is 19.3. The van der Waals surface area contributed by atoms with Crippen molar-refractivity contribution in [2.75, 3.05) is 6.61 Å². The first-order valence-corrected chi connectivity index (χ1v) is 5.75. The Labute approximate surface area is 116 Å². The van der Waals surface area contributed by atoms with E-state index >= 15 is 0 Å². The maximum atomic E-state index is 12.6. The van der Waals surface area contributed by atoms with Crippen molar-refractivity contribution >= 4 is 0 Å². The topological polar surface area (TPSA) is 73.9 Å². The van der Waals surface area contributed by atoms with Gasteiger partial charge < -0.3 is 9.26 Å². The highest BCUT2D eigenvalue weighted by molar-refractivity contribution is 5.46. The van der Waals surface area contributed by atoms with Crippen LogP contribution in [0.1, 0.15) is 11.6 Å². The number of ether oxygens (including phenoxy) is 1. The molecule has 10 heteroatoms. The number of aryl methyl sites for hydroxylation is 1. The number of aromatic nitrogens is 4. The minimum atomic E-state index is -4.22. The van der Waals surface area contributed by atoms with Gasteiger partial charge in [-0.3, -0.25) is 0 Å². The lowest BCUT2D eigenvalue weighted by atomic mass is 10.3. The zero-order chi connectivity index (χ0) is 15.5. The van der Waals surface area contributed by atoms with Gasteiger partial charge in [-0.1, -0.05) is 5.16 Å². The standard InChI is InChI=1S/C11H10F4N4O2/c1-6-2-3-7(18-17-6)9-16-8(21-19-9)4-20-5-11(14,15)10(12)13/h2-3,10H,4-5H2,1H3. The Balaban J connectivity index is 1.93. The molecule has 0 N–H and O–H groups in total. The van der Waals surface area contributed by atoms with E-state index in [2.05, 4.69) is 25.1 Å². The fraction of sp³-hybridized carbons (Fsp3) is 0.455. The maximum absolute atomic E-state index is 12.6. The lowest BCUT2D eigenvalue weighted by Crippen LogP contribution is -2.32. The Morgan fingerprint density at radius 2 is 2.05 bits per heavy atom. The summed E-state index contributed by atoms with van der Waals surface area (Å²) in [5, 5.41) is 11.2. The molecule has 2 aromatic rings. The monoisotopic (exact) mass is 306 g/mol. The summed E-state index contributed by atoms with van der Waals surface area (Å²) >= 11 is 0. The summed E-state index contributed by atoms with van der Waals surface area (Å²) in [7, 11) is 0. The zero-order valence-electron chi connectivity index (χ0n) is 10.8. The van der Waals surface area contributed by atoms with Crippen molar-refractivity contribution in [1.82, 2.24) is 20.3 Å². The Bertz CT molecular complexity index is 588. The molecule has 0 fully saturated rings. The molecule has 0 aliphatic rings. The predicted molar refractivity (Wildman–Crippen MR) is 60.7 cm³/mol. The highest BCUT2D eigenvalue weighted by Gasteiger charge is 2.41. The van der Waals surface area contributed by atoms with Gasteiger partial charge in [0.25, 0.3) is 5.89 Å². The third kappa shape index (κ3) is 3.94. The number of alkyl halides is 4. The summed E-state index contributed by atoms with van der Waals surface area (Å²) in [4.78, 5) is 3.84. The van der Waals surface area contributed by atoms with E-state index in [0.29, 0.717) is 11.4 Å². The molecule has 0 aliphatic carbocycles. The van der Waals surface area contributed by atoms with Gasteiger partial charge in [-0.15, -0.1) is 5.10 Å². The van der Waals surface area contributed by atoms with Crippen LogP contribution in [0.5, 0.6) is 0 Å². The van der Waals surface area contributed by atoms with Crippen molar-refractivity contribution in [2.45, 2.75) is 25.9 Å². The molecular weight excluding hydrogens is 296 g/mol. The first-order chi connectivity index (χ1) is 9.88. The van der Waals surface area contributed by atoms with Crippen LogP contribution in [0.4, 0.5) is 17.6 Å². The van der Waals surface area contributed by atoms with Gasteiger partial charge >= 0.3 is 12.3 Å². The SMILES string of the molecule is Cc1ccc(-c2noc(COCC(F)(F)C(F)F)n2)nn1. The molecule has 2 rings (SSSR count). The summed E-state index contributed by atoms with van der Waals surface area (Å²) < 4.78 is 58.2. The lowest BCUT2D eigenvalue weighted by molar-refractivity contribution is -0.169.